The molecule has 1 aliphatic heterocycles. The summed E-state index contributed by atoms with van der Waals surface area (Å²) >= 11 is 0. The highest BCUT2D eigenvalue weighted by molar-refractivity contribution is 5.87. The molecule has 0 saturated carbocycles. The van der Waals surface area contributed by atoms with Crippen LogP contribution in [0.2, 0.25) is 0 Å². The third-order valence-corrected chi connectivity index (χ3v) is 5.08. The van der Waals surface area contributed by atoms with Crippen molar-refractivity contribution >= 4 is 11.9 Å². The van der Waals surface area contributed by atoms with Crippen molar-refractivity contribution in [1.82, 2.24) is 9.47 Å². The number of hydrogen-bond acceptors (Lipinski definition) is 3. The topological polar surface area (TPSA) is 51.5 Å². The molecule has 2 aromatic rings. The molecule has 2 heterocycles. The van der Waals surface area contributed by atoms with Crippen LogP contribution in [0.1, 0.15) is 47.8 Å². The van der Waals surface area contributed by atoms with Crippen LogP contribution in [0.15, 0.2) is 48.7 Å². The Balaban J connectivity index is 1.47. The van der Waals surface area contributed by atoms with Crippen molar-refractivity contribution in [1.29, 1.82) is 0 Å². The van der Waals surface area contributed by atoms with Crippen LogP contribution < -0.4 is 0 Å². The predicted octanol–water partition coefficient (Wildman–Crippen LogP) is 3.46. The van der Waals surface area contributed by atoms with Gasteiger partial charge in [0, 0.05) is 31.7 Å². The van der Waals surface area contributed by atoms with Gasteiger partial charge in [0.05, 0.1) is 7.11 Å². The Hall–Kier alpha value is -2.56. The molecule has 0 atom stereocenters. The second kappa shape index (κ2) is 8.70. The van der Waals surface area contributed by atoms with Gasteiger partial charge in [-0.3, -0.25) is 4.79 Å². The van der Waals surface area contributed by atoms with E-state index in [1.165, 1.54) is 12.7 Å². The van der Waals surface area contributed by atoms with Crippen molar-refractivity contribution < 1.29 is 14.3 Å². The summed E-state index contributed by atoms with van der Waals surface area (Å²) in [6.07, 6.45) is 6.07. The monoisotopic (exact) mass is 354 g/mol. The number of hydrogen-bond donors (Lipinski definition) is 0. The van der Waals surface area contributed by atoms with E-state index < -0.39 is 0 Å². The molecule has 5 heteroatoms. The Labute approximate surface area is 154 Å². The second-order valence-corrected chi connectivity index (χ2v) is 6.74. The third-order valence-electron chi connectivity index (χ3n) is 5.08. The highest BCUT2D eigenvalue weighted by atomic mass is 16.5. The molecule has 26 heavy (non-hydrogen) atoms. The van der Waals surface area contributed by atoms with Crippen molar-refractivity contribution in [3.8, 4) is 0 Å². The molecular weight excluding hydrogens is 328 g/mol. The number of likely N-dealkylation sites (tertiary alicyclic amines) is 1. The van der Waals surface area contributed by atoms with E-state index in [2.05, 4.69) is 12.1 Å². The zero-order chi connectivity index (χ0) is 18.4. The van der Waals surface area contributed by atoms with E-state index in [1.807, 2.05) is 39.9 Å². The summed E-state index contributed by atoms with van der Waals surface area (Å²) in [5.41, 5.74) is 1.86. The van der Waals surface area contributed by atoms with Gasteiger partial charge in [-0.25, -0.2) is 4.79 Å². The molecule has 0 radical (unpaired) electrons. The Morgan fingerprint density at radius 3 is 2.50 bits per heavy atom. The molecule has 1 fully saturated rings. The molecule has 5 nitrogen and oxygen atoms in total. The van der Waals surface area contributed by atoms with E-state index in [0.717, 1.165) is 38.8 Å². The number of esters is 1. The lowest BCUT2D eigenvalue weighted by Gasteiger charge is -2.33. The van der Waals surface area contributed by atoms with Gasteiger partial charge < -0.3 is 14.2 Å². The minimum Gasteiger partial charge on any atom is -0.464 e. The Morgan fingerprint density at radius 2 is 1.81 bits per heavy atom. The van der Waals surface area contributed by atoms with Crippen molar-refractivity contribution in [2.45, 2.75) is 38.1 Å². The van der Waals surface area contributed by atoms with Gasteiger partial charge in [-0.15, -0.1) is 0 Å². The van der Waals surface area contributed by atoms with Gasteiger partial charge in [0.2, 0.25) is 5.91 Å². The molecule has 1 saturated heterocycles. The Bertz CT molecular complexity index is 731. The molecule has 1 amide bonds. The van der Waals surface area contributed by atoms with Gasteiger partial charge >= 0.3 is 5.97 Å². The van der Waals surface area contributed by atoms with Gasteiger partial charge in [0.15, 0.2) is 0 Å². The van der Waals surface area contributed by atoms with Crippen LogP contribution in [-0.2, 0) is 16.0 Å². The Morgan fingerprint density at radius 1 is 1.08 bits per heavy atom. The molecule has 1 aliphatic rings. The fraction of sp³-hybridized carbons (Fsp3) is 0.429. The molecule has 0 spiro atoms. The highest BCUT2D eigenvalue weighted by Gasteiger charge is 2.25. The molecule has 0 unspecified atom stereocenters. The lowest BCUT2D eigenvalue weighted by atomic mass is 10.0. The first-order valence-corrected chi connectivity index (χ1v) is 9.26. The zero-order valence-corrected chi connectivity index (χ0v) is 15.3. The van der Waals surface area contributed by atoms with Crippen LogP contribution in [0.5, 0.6) is 0 Å². The van der Waals surface area contributed by atoms with Crippen LogP contribution in [0.3, 0.4) is 0 Å². The summed E-state index contributed by atoms with van der Waals surface area (Å²) in [5.74, 6) is -0.0745. The first-order chi connectivity index (χ1) is 12.7. The highest BCUT2D eigenvalue weighted by Crippen LogP contribution is 2.25. The van der Waals surface area contributed by atoms with Gasteiger partial charge in [0.25, 0.3) is 0 Å². The molecule has 1 aromatic heterocycles. The third kappa shape index (κ3) is 4.34. The SMILES string of the molecule is COC(=O)c1cccn1C1CCN(C(=O)CCCc2ccccc2)CC1. The van der Waals surface area contributed by atoms with Crippen molar-refractivity contribution in [3.05, 3.63) is 59.9 Å². The zero-order valence-electron chi connectivity index (χ0n) is 15.3. The van der Waals surface area contributed by atoms with Crippen LogP contribution in [0.25, 0.3) is 0 Å². The minimum atomic E-state index is -0.311. The lowest BCUT2D eigenvalue weighted by molar-refractivity contribution is -0.132. The average Bonchev–Trinajstić information content (AvgIpc) is 3.18. The second-order valence-electron chi connectivity index (χ2n) is 6.74. The van der Waals surface area contributed by atoms with Crippen molar-refractivity contribution in [3.63, 3.8) is 0 Å². The van der Waals surface area contributed by atoms with Crippen LogP contribution >= 0.6 is 0 Å². The first-order valence-electron chi connectivity index (χ1n) is 9.26. The van der Waals surface area contributed by atoms with E-state index in [0.29, 0.717) is 12.1 Å². The molecule has 3 rings (SSSR count). The molecule has 0 aliphatic carbocycles. The van der Waals surface area contributed by atoms with E-state index in [-0.39, 0.29) is 17.9 Å². The van der Waals surface area contributed by atoms with E-state index in [4.69, 9.17) is 4.74 Å². The van der Waals surface area contributed by atoms with Crippen molar-refractivity contribution in [2.24, 2.45) is 0 Å². The maximum atomic E-state index is 12.4. The summed E-state index contributed by atoms with van der Waals surface area (Å²) in [5, 5.41) is 0. The summed E-state index contributed by atoms with van der Waals surface area (Å²) in [4.78, 5) is 26.2. The summed E-state index contributed by atoms with van der Waals surface area (Å²) in [6.45, 7) is 1.49. The number of piperidine rings is 1. The van der Waals surface area contributed by atoms with E-state index in [9.17, 15) is 9.59 Å². The molecule has 138 valence electrons. The van der Waals surface area contributed by atoms with Gasteiger partial charge in [-0.1, -0.05) is 30.3 Å². The number of carbonyl (C=O) groups excluding carboxylic acids is 2. The normalized spacial score (nSPS) is 15.0. The van der Waals surface area contributed by atoms with Gasteiger partial charge in [0.1, 0.15) is 5.69 Å². The molecule has 0 N–H and O–H groups in total. The fourth-order valence-corrected chi connectivity index (χ4v) is 3.63. The standard InChI is InChI=1S/C21H26N2O3/c1-26-21(25)19-10-6-14-23(19)18-12-15-22(16-13-18)20(24)11-5-9-17-7-3-2-4-8-17/h2-4,6-8,10,14,18H,5,9,11-13,15-16H2,1H3. The number of nitrogens with zero attached hydrogens (tertiary/aromatic N) is 2. The summed E-state index contributed by atoms with van der Waals surface area (Å²) in [7, 11) is 1.40. The largest absolute Gasteiger partial charge is 0.464 e. The number of ether oxygens (including phenoxy) is 1. The van der Waals surface area contributed by atoms with Crippen LogP contribution in [0, 0.1) is 0 Å². The predicted molar refractivity (Wildman–Crippen MR) is 100 cm³/mol. The number of methoxy groups -OCH3 is 1. The lowest BCUT2D eigenvalue weighted by Crippen LogP contribution is -2.39. The number of amides is 1. The van der Waals surface area contributed by atoms with Crippen LogP contribution in [0.4, 0.5) is 0 Å². The van der Waals surface area contributed by atoms with Crippen LogP contribution in [-0.4, -0.2) is 41.5 Å². The number of rotatable bonds is 6. The number of benzene rings is 1. The summed E-state index contributed by atoms with van der Waals surface area (Å²) in [6, 6.07) is 14.2. The minimum absolute atomic E-state index is 0.236. The Kier molecular flexibility index (Phi) is 6.10. The van der Waals surface area contributed by atoms with E-state index >= 15 is 0 Å². The smallest absolute Gasteiger partial charge is 0.354 e. The fourth-order valence-electron chi connectivity index (χ4n) is 3.63. The summed E-state index contributed by atoms with van der Waals surface area (Å²) < 4.78 is 6.83. The van der Waals surface area contributed by atoms with E-state index in [1.54, 1.807) is 6.07 Å². The molecular formula is C21H26N2O3. The maximum absolute atomic E-state index is 12.4. The van der Waals surface area contributed by atoms with Crippen molar-refractivity contribution in [2.75, 3.05) is 20.2 Å². The quantitative estimate of drug-likeness (QED) is 0.747. The first kappa shape index (κ1) is 18.2. The number of aryl methyl sites for hydroxylation is 1. The van der Waals surface area contributed by atoms with Gasteiger partial charge in [-0.05, 0) is 43.4 Å². The number of carbonyl (C=O) groups is 2. The maximum Gasteiger partial charge on any atom is 0.354 e. The molecule has 1 aromatic carbocycles. The average molecular weight is 354 g/mol. The van der Waals surface area contributed by atoms with Gasteiger partial charge in [-0.2, -0.15) is 0 Å². The molecule has 0 bridgehead atoms. The number of aromatic nitrogens is 1.